The lowest BCUT2D eigenvalue weighted by atomic mass is 10.0. The predicted octanol–water partition coefficient (Wildman–Crippen LogP) is 6.36. The van der Waals surface area contributed by atoms with Gasteiger partial charge >= 0.3 is 0 Å². The highest BCUT2D eigenvalue weighted by Gasteiger charge is 2.35. The smallest absolute Gasteiger partial charge is 0.130 e. The second kappa shape index (κ2) is 8.65. The van der Waals surface area contributed by atoms with E-state index >= 15 is 0 Å². The van der Waals surface area contributed by atoms with Crippen LogP contribution in [0.4, 0.5) is 0 Å². The van der Waals surface area contributed by atoms with Crippen molar-refractivity contribution in [2.45, 2.75) is 62.7 Å². The topological polar surface area (TPSA) is 18.5 Å². The Morgan fingerprint density at radius 2 is 1.22 bits per heavy atom. The van der Waals surface area contributed by atoms with E-state index in [0.29, 0.717) is 0 Å². The van der Waals surface area contributed by atoms with E-state index < -0.39 is 0 Å². The highest BCUT2D eigenvalue weighted by molar-refractivity contribution is 7.67. The fourth-order valence-electron chi connectivity index (χ4n) is 5.08. The van der Waals surface area contributed by atoms with Gasteiger partial charge in [0.2, 0.25) is 0 Å². The van der Waals surface area contributed by atoms with Crippen LogP contribution < -0.4 is 14.8 Å². The van der Waals surface area contributed by atoms with Gasteiger partial charge in [-0.25, -0.2) is 0 Å². The lowest BCUT2D eigenvalue weighted by molar-refractivity contribution is 0.397. The Hall–Kier alpha value is -1.53. The Bertz CT molecular complexity index is 722. The molecule has 0 bridgehead atoms. The second-order valence-corrected chi connectivity index (χ2v) is 10.6. The molecule has 27 heavy (non-hydrogen) atoms. The fourth-order valence-corrected chi connectivity index (χ4v) is 9.03. The van der Waals surface area contributed by atoms with Crippen molar-refractivity contribution < 1.29 is 9.47 Å². The van der Waals surface area contributed by atoms with Crippen molar-refractivity contribution in [2.24, 2.45) is 0 Å². The zero-order chi connectivity index (χ0) is 18.6. The maximum Gasteiger partial charge on any atom is 0.130 e. The van der Waals surface area contributed by atoms with Crippen molar-refractivity contribution >= 4 is 13.2 Å². The summed E-state index contributed by atoms with van der Waals surface area (Å²) in [5, 5.41) is 1.58. The summed E-state index contributed by atoms with van der Waals surface area (Å²) in [5.41, 5.74) is 4.24. The molecule has 2 aliphatic carbocycles. The Morgan fingerprint density at radius 1 is 0.704 bits per heavy atom. The minimum atomic E-state index is -0.148. The molecule has 0 N–H and O–H groups in total. The molecule has 0 aliphatic heterocycles. The molecule has 0 amide bonds. The molecule has 2 nitrogen and oxygen atoms in total. The summed E-state index contributed by atoms with van der Waals surface area (Å²) < 4.78 is 11.5. The number of hydrogen-bond donors (Lipinski definition) is 0. The zero-order valence-corrected chi connectivity index (χ0v) is 17.5. The van der Waals surface area contributed by atoms with Crippen LogP contribution in [0.1, 0.15) is 51.4 Å². The van der Waals surface area contributed by atoms with Crippen LogP contribution in [-0.4, -0.2) is 25.5 Å². The van der Waals surface area contributed by atoms with Crippen LogP contribution in [0.5, 0.6) is 11.5 Å². The van der Waals surface area contributed by atoms with Gasteiger partial charge in [-0.05, 0) is 60.0 Å². The van der Waals surface area contributed by atoms with E-state index in [0.717, 1.165) is 28.4 Å². The SMILES string of the molecule is COc1cccc(OC)c1-c1ccccc1P(C1CCCC1)C1CCCC1. The first-order valence-electron chi connectivity index (χ1n) is 10.4. The first kappa shape index (κ1) is 18.8. The van der Waals surface area contributed by atoms with Gasteiger partial charge in [0.1, 0.15) is 11.5 Å². The molecule has 0 heterocycles. The third-order valence-corrected chi connectivity index (χ3v) is 9.87. The lowest BCUT2D eigenvalue weighted by Gasteiger charge is -2.32. The summed E-state index contributed by atoms with van der Waals surface area (Å²) in [6.45, 7) is 0. The fraction of sp³-hybridized carbons (Fsp3) is 0.500. The number of ether oxygens (including phenoxy) is 2. The third kappa shape index (κ3) is 3.74. The molecule has 0 atom stereocenters. The van der Waals surface area contributed by atoms with E-state index in [-0.39, 0.29) is 7.92 Å². The monoisotopic (exact) mass is 382 g/mol. The second-order valence-electron chi connectivity index (χ2n) is 7.84. The van der Waals surface area contributed by atoms with Crippen molar-refractivity contribution in [3.8, 4) is 22.6 Å². The summed E-state index contributed by atoms with van der Waals surface area (Å²) in [7, 11) is 3.37. The van der Waals surface area contributed by atoms with Gasteiger partial charge in [0.25, 0.3) is 0 Å². The molecule has 144 valence electrons. The zero-order valence-electron chi connectivity index (χ0n) is 16.6. The van der Waals surface area contributed by atoms with Gasteiger partial charge in [-0.2, -0.15) is 0 Å². The Balaban J connectivity index is 1.85. The van der Waals surface area contributed by atoms with Crippen LogP contribution in [0.2, 0.25) is 0 Å². The van der Waals surface area contributed by atoms with E-state index in [9.17, 15) is 0 Å². The molecule has 4 rings (SSSR count). The summed E-state index contributed by atoms with van der Waals surface area (Å²) in [6.07, 6.45) is 11.3. The summed E-state index contributed by atoms with van der Waals surface area (Å²) >= 11 is 0. The van der Waals surface area contributed by atoms with Crippen molar-refractivity contribution in [2.75, 3.05) is 14.2 Å². The van der Waals surface area contributed by atoms with Crippen molar-refractivity contribution in [3.05, 3.63) is 42.5 Å². The van der Waals surface area contributed by atoms with Crippen LogP contribution in [0.25, 0.3) is 11.1 Å². The van der Waals surface area contributed by atoms with Crippen molar-refractivity contribution in [1.29, 1.82) is 0 Å². The van der Waals surface area contributed by atoms with Crippen LogP contribution in [0, 0.1) is 0 Å². The molecule has 2 aliphatic rings. The van der Waals surface area contributed by atoms with E-state index in [1.54, 1.807) is 19.5 Å². The average Bonchev–Trinajstić information content (AvgIpc) is 3.43. The van der Waals surface area contributed by atoms with Crippen molar-refractivity contribution in [1.82, 2.24) is 0 Å². The van der Waals surface area contributed by atoms with Gasteiger partial charge in [0.15, 0.2) is 0 Å². The van der Waals surface area contributed by atoms with Gasteiger partial charge in [0, 0.05) is 0 Å². The number of rotatable bonds is 6. The summed E-state index contributed by atoms with van der Waals surface area (Å²) in [5.74, 6) is 1.82. The first-order valence-corrected chi connectivity index (χ1v) is 11.9. The molecule has 0 aromatic heterocycles. The molecule has 2 aromatic carbocycles. The Morgan fingerprint density at radius 3 is 1.74 bits per heavy atom. The minimum Gasteiger partial charge on any atom is -0.496 e. The maximum absolute atomic E-state index is 5.76. The Labute approximate surface area is 165 Å². The summed E-state index contributed by atoms with van der Waals surface area (Å²) in [6, 6.07) is 15.2. The summed E-state index contributed by atoms with van der Waals surface area (Å²) in [4.78, 5) is 0. The molecular weight excluding hydrogens is 351 g/mol. The molecule has 0 saturated heterocycles. The normalized spacial score (nSPS) is 18.3. The van der Waals surface area contributed by atoms with E-state index in [1.165, 1.54) is 56.9 Å². The largest absolute Gasteiger partial charge is 0.496 e. The standard InChI is InChI=1S/C24H31O2P/c1-25-21-15-9-16-22(26-2)24(21)20-14-7-8-17-23(20)27(18-10-3-4-11-18)19-12-5-6-13-19/h7-9,14-19H,3-6,10-13H2,1-2H3. The van der Waals surface area contributed by atoms with Crippen molar-refractivity contribution in [3.63, 3.8) is 0 Å². The van der Waals surface area contributed by atoms with E-state index in [1.807, 2.05) is 6.07 Å². The van der Waals surface area contributed by atoms with Crippen LogP contribution in [0.3, 0.4) is 0 Å². The molecule has 2 fully saturated rings. The van der Waals surface area contributed by atoms with Gasteiger partial charge in [-0.3, -0.25) is 0 Å². The highest BCUT2D eigenvalue weighted by Crippen LogP contribution is 2.58. The van der Waals surface area contributed by atoms with Gasteiger partial charge < -0.3 is 9.47 Å². The van der Waals surface area contributed by atoms with E-state index in [2.05, 4.69) is 36.4 Å². The first-order chi connectivity index (χ1) is 13.3. The maximum atomic E-state index is 5.76. The minimum absolute atomic E-state index is 0.148. The van der Waals surface area contributed by atoms with Crippen LogP contribution in [-0.2, 0) is 0 Å². The molecule has 3 heteroatoms. The molecule has 2 aromatic rings. The van der Waals surface area contributed by atoms with Crippen LogP contribution >= 0.6 is 7.92 Å². The molecule has 2 saturated carbocycles. The third-order valence-electron chi connectivity index (χ3n) is 6.32. The van der Waals surface area contributed by atoms with Gasteiger partial charge in [-0.15, -0.1) is 0 Å². The number of benzene rings is 2. The van der Waals surface area contributed by atoms with Gasteiger partial charge in [0.05, 0.1) is 19.8 Å². The number of methoxy groups -OCH3 is 2. The number of hydrogen-bond acceptors (Lipinski definition) is 2. The molecule has 0 unspecified atom stereocenters. The molecular formula is C24H31O2P. The predicted molar refractivity (Wildman–Crippen MR) is 116 cm³/mol. The quantitative estimate of drug-likeness (QED) is 0.541. The molecule has 0 spiro atoms. The average molecular weight is 382 g/mol. The van der Waals surface area contributed by atoms with E-state index in [4.69, 9.17) is 9.47 Å². The Kier molecular flexibility index (Phi) is 6.03. The lowest BCUT2D eigenvalue weighted by Crippen LogP contribution is -2.21. The van der Waals surface area contributed by atoms with Crippen LogP contribution in [0.15, 0.2) is 42.5 Å². The highest BCUT2D eigenvalue weighted by atomic mass is 31.1. The van der Waals surface area contributed by atoms with Gasteiger partial charge in [-0.1, -0.05) is 63.9 Å². The molecule has 0 radical (unpaired) electrons.